The molecule has 7 heteroatoms. The molecule has 0 unspecified atom stereocenters. The number of hydrogen-bond acceptors (Lipinski definition) is 5. The van der Waals surface area contributed by atoms with Gasteiger partial charge in [-0.1, -0.05) is 74.1 Å². The third kappa shape index (κ3) is 5.26. The van der Waals surface area contributed by atoms with Crippen molar-refractivity contribution in [2.24, 2.45) is 4.99 Å². The van der Waals surface area contributed by atoms with Crippen molar-refractivity contribution >= 4 is 23.4 Å². The minimum atomic E-state index is -0.609. The first-order valence-electron chi connectivity index (χ1n) is 14.0. The molecule has 0 fully saturated rings. The third-order valence-electron chi connectivity index (χ3n) is 7.66. The molecule has 0 radical (unpaired) electrons. The fourth-order valence-electron chi connectivity index (χ4n) is 5.44. The summed E-state index contributed by atoms with van der Waals surface area (Å²) in [6.07, 6.45) is 1.95. The van der Waals surface area contributed by atoms with Crippen LogP contribution < -0.4 is 14.9 Å². The van der Waals surface area contributed by atoms with E-state index in [9.17, 15) is 9.59 Å². The molecule has 212 valence electrons. The summed E-state index contributed by atoms with van der Waals surface area (Å²) in [4.78, 5) is 32.4. The number of aryl methyl sites for hydroxylation is 2. The summed E-state index contributed by atoms with van der Waals surface area (Å²) in [5, 5.41) is 0. The number of carbonyl (C=O) groups excluding carboxylic acids is 1. The lowest BCUT2D eigenvalue weighted by atomic mass is 9.87. The van der Waals surface area contributed by atoms with Crippen LogP contribution in [0.15, 0.2) is 75.7 Å². The van der Waals surface area contributed by atoms with Crippen molar-refractivity contribution in [2.45, 2.75) is 66.8 Å². The smallest absolute Gasteiger partial charge is 0.338 e. The molecule has 0 N–H and O–H groups in total. The van der Waals surface area contributed by atoms with Gasteiger partial charge in [0.2, 0.25) is 0 Å². The molecule has 0 amide bonds. The molecule has 5 rings (SSSR count). The normalized spacial score (nSPS) is 15.6. The lowest BCUT2D eigenvalue weighted by Gasteiger charge is -2.24. The second kappa shape index (κ2) is 10.8. The van der Waals surface area contributed by atoms with Crippen molar-refractivity contribution in [1.82, 2.24) is 9.13 Å². The average molecular weight is 568 g/mol. The monoisotopic (exact) mass is 567 g/mol. The Kier molecular flexibility index (Phi) is 7.51. The number of benzene rings is 2. The van der Waals surface area contributed by atoms with Gasteiger partial charge in [-0.3, -0.25) is 9.36 Å². The maximum atomic E-state index is 14.0. The third-order valence-corrected chi connectivity index (χ3v) is 8.64. The first kappa shape index (κ1) is 28.6. The summed E-state index contributed by atoms with van der Waals surface area (Å²) in [6, 6.07) is 18.1. The highest BCUT2D eigenvalue weighted by molar-refractivity contribution is 7.07. The molecule has 1 aliphatic rings. The van der Waals surface area contributed by atoms with E-state index < -0.39 is 12.0 Å². The van der Waals surface area contributed by atoms with Gasteiger partial charge < -0.3 is 9.30 Å². The predicted molar refractivity (Wildman–Crippen MR) is 166 cm³/mol. The van der Waals surface area contributed by atoms with E-state index in [0.717, 1.165) is 33.8 Å². The Labute approximate surface area is 245 Å². The highest BCUT2D eigenvalue weighted by Crippen LogP contribution is 2.31. The fraction of sp³-hybridized carbons (Fsp3) is 0.324. The molecule has 3 heterocycles. The van der Waals surface area contributed by atoms with E-state index in [2.05, 4.69) is 69.5 Å². The zero-order valence-electron chi connectivity index (χ0n) is 25.0. The number of esters is 1. The number of nitrogens with zero attached hydrogens (tertiary/aromatic N) is 3. The van der Waals surface area contributed by atoms with Gasteiger partial charge in [-0.15, -0.1) is 0 Å². The highest BCUT2D eigenvalue weighted by atomic mass is 32.1. The van der Waals surface area contributed by atoms with Crippen molar-refractivity contribution in [2.75, 3.05) is 6.61 Å². The second-order valence-corrected chi connectivity index (χ2v) is 12.7. The molecule has 0 saturated carbocycles. The van der Waals surface area contributed by atoms with Crippen LogP contribution >= 0.6 is 11.3 Å². The number of ether oxygens (including phenoxy) is 1. The molecular formula is C34H37N3O3S. The van der Waals surface area contributed by atoms with Gasteiger partial charge in [-0.25, -0.2) is 9.79 Å². The van der Waals surface area contributed by atoms with Gasteiger partial charge >= 0.3 is 5.97 Å². The van der Waals surface area contributed by atoms with Gasteiger partial charge in [-0.05, 0) is 81.0 Å². The molecule has 0 aliphatic carbocycles. The molecule has 2 aromatic carbocycles. The van der Waals surface area contributed by atoms with Crippen molar-refractivity contribution in [3.05, 3.63) is 119 Å². The molecule has 0 spiro atoms. The number of hydrogen-bond donors (Lipinski definition) is 0. The van der Waals surface area contributed by atoms with E-state index in [0.29, 0.717) is 20.6 Å². The topological polar surface area (TPSA) is 65.6 Å². The number of thiazole rings is 1. The summed E-state index contributed by atoms with van der Waals surface area (Å²) in [6.45, 7) is 16.6. The Hall–Kier alpha value is -3.97. The average Bonchev–Trinajstić information content (AvgIpc) is 3.37. The molecule has 4 aromatic rings. The van der Waals surface area contributed by atoms with E-state index in [-0.39, 0.29) is 17.6 Å². The van der Waals surface area contributed by atoms with Crippen LogP contribution in [0.1, 0.15) is 74.3 Å². The summed E-state index contributed by atoms with van der Waals surface area (Å²) < 4.78 is 9.84. The molecular weight excluding hydrogens is 530 g/mol. The zero-order valence-corrected chi connectivity index (χ0v) is 25.8. The summed E-state index contributed by atoms with van der Waals surface area (Å²) in [7, 11) is 0. The van der Waals surface area contributed by atoms with Gasteiger partial charge in [-0.2, -0.15) is 0 Å². The van der Waals surface area contributed by atoms with Crippen LogP contribution in [-0.4, -0.2) is 21.7 Å². The van der Waals surface area contributed by atoms with E-state index in [4.69, 9.17) is 9.73 Å². The van der Waals surface area contributed by atoms with Crippen LogP contribution in [0.5, 0.6) is 0 Å². The number of fused-ring (bicyclic) bond motifs is 1. The van der Waals surface area contributed by atoms with Crippen molar-refractivity contribution in [3.8, 4) is 5.69 Å². The van der Waals surface area contributed by atoms with Crippen LogP contribution in [0, 0.1) is 20.8 Å². The van der Waals surface area contributed by atoms with Gasteiger partial charge in [0.1, 0.15) is 0 Å². The zero-order chi connectivity index (χ0) is 29.6. The Morgan fingerprint density at radius 1 is 1.02 bits per heavy atom. The molecule has 0 bridgehead atoms. The first-order chi connectivity index (χ1) is 19.4. The van der Waals surface area contributed by atoms with Gasteiger partial charge in [0.05, 0.1) is 28.5 Å². The van der Waals surface area contributed by atoms with E-state index >= 15 is 0 Å². The van der Waals surface area contributed by atoms with Crippen molar-refractivity contribution < 1.29 is 9.53 Å². The number of allylic oxidation sites excluding steroid dienone is 1. The largest absolute Gasteiger partial charge is 0.463 e. The number of rotatable bonds is 5. The SMILES string of the molecule is CCOC(=O)C1=C(C)N=c2s/c(=C/c3cc(C)n(-c4ccc(C(C)(C)C)cc4)c3C)c(=O)n2[C@H]1c1ccc(C)cc1. The molecule has 1 atom stereocenters. The van der Waals surface area contributed by atoms with Gasteiger partial charge in [0.15, 0.2) is 4.80 Å². The van der Waals surface area contributed by atoms with E-state index in [1.54, 1.807) is 11.5 Å². The Morgan fingerprint density at radius 3 is 2.29 bits per heavy atom. The summed E-state index contributed by atoms with van der Waals surface area (Å²) >= 11 is 1.35. The molecule has 2 aromatic heterocycles. The fourth-order valence-corrected chi connectivity index (χ4v) is 6.48. The Bertz CT molecular complexity index is 1840. The Balaban J connectivity index is 1.64. The Morgan fingerprint density at radius 2 is 1.68 bits per heavy atom. The van der Waals surface area contributed by atoms with Gasteiger partial charge in [0.25, 0.3) is 5.56 Å². The van der Waals surface area contributed by atoms with Crippen LogP contribution in [0.25, 0.3) is 11.8 Å². The van der Waals surface area contributed by atoms with Gasteiger partial charge in [0, 0.05) is 17.1 Å². The quantitative estimate of drug-likeness (QED) is 0.286. The minimum Gasteiger partial charge on any atom is -0.463 e. The molecule has 6 nitrogen and oxygen atoms in total. The molecule has 0 saturated heterocycles. The van der Waals surface area contributed by atoms with Crippen molar-refractivity contribution in [3.63, 3.8) is 0 Å². The molecule has 1 aliphatic heterocycles. The maximum absolute atomic E-state index is 14.0. The highest BCUT2D eigenvalue weighted by Gasteiger charge is 2.33. The predicted octanol–water partition coefficient (Wildman–Crippen LogP) is 5.81. The lowest BCUT2D eigenvalue weighted by molar-refractivity contribution is -0.139. The first-order valence-corrected chi connectivity index (χ1v) is 14.8. The van der Waals surface area contributed by atoms with Crippen molar-refractivity contribution in [1.29, 1.82) is 0 Å². The standard InChI is InChI=1S/C34H37N3O3S/c1-9-40-32(39)29-22(4)35-33-37(30(29)24-12-10-20(2)11-13-24)31(38)28(41-33)19-25-18-21(3)36(23(25)5)27-16-14-26(15-17-27)34(6,7)8/h10-19,30H,9H2,1-8H3/b28-19+/t30-/m0/s1. The summed E-state index contributed by atoms with van der Waals surface area (Å²) in [5.74, 6) is -0.449. The summed E-state index contributed by atoms with van der Waals surface area (Å²) in [5.41, 5.74) is 8.30. The minimum absolute atomic E-state index is 0.0839. The number of aromatic nitrogens is 2. The maximum Gasteiger partial charge on any atom is 0.338 e. The van der Waals surface area contributed by atoms with Crippen LogP contribution in [0.3, 0.4) is 0 Å². The second-order valence-electron chi connectivity index (χ2n) is 11.7. The lowest BCUT2D eigenvalue weighted by Crippen LogP contribution is -2.39. The van der Waals surface area contributed by atoms with E-state index in [1.807, 2.05) is 44.2 Å². The van der Waals surface area contributed by atoms with E-state index in [1.165, 1.54) is 16.9 Å². The van der Waals surface area contributed by atoms with Crippen LogP contribution in [0.4, 0.5) is 0 Å². The number of carbonyl (C=O) groups is 1. The molecule has 41 heavy (non-hydrogen) atoms. The van der Waals surface area contributed by atoms with Crippen LogP contribution in [0.2, 0.25) is 0 Å². The van der Waals surface area contributed by atoms with Crippen LogP contribution in [-0.2, 0) is 14.9 Å².